The molecule has 1 rings (SSSR count). The summed E-state index contributed by atoms with van der Waals surface area (Å²) in [4.78, 5) is 13.9. The van der Waals surface area contributed by atoms with E-state index in [0.29, 0.717) is 18.6 Å². The third-order valence-electron chi connectivity index (χ3n) is 3.58. The molecule has 0 heterocycles. The molecule has 2 unspecified atom stereocenters. The molecule has 3 nitrogen and oxygen atoms in total. The van der Waals surface area contributed by atoms with Gasteiger partial charge in [0.05, 0.1) is 6.61 Å². The summed E-state index contributed by atoms with van der Waals surface area (Å²) in [6, 6.07) is 6.15. The van der Waals surface area contributed by atoms with Crippen molar-refractivity contribution in [2.75, 3.05) is 13.7 Å². The third-order valence-corrected chi connectivity index (χ3v) is 3.58. The maximum atomic E-state index is 13.9. The minimum atomic E-state index is -0.338. The number of halogens is 1. The lowest BCUT2D eigenvalue weighted by Gasteiger charge is -2.31. The Morgan fingerprint density at radius 3 is 2.55 bits per heavy atom. The van der Waals surface area contributed by atoms with Gasteiger partial charge in [-0.2, -0.15) is 0 Å². The van der Waals surface area contributed by atoms with Gasteiger partial charge in [0, 0.05) is 11.6 Å². The van der Waals surface area contributed by atoms with Crippen LogP contribution in [0.1, 0.15) is 45.2 Å². The molecule has 0 amide bonds. The zero-order valence-electron chi connectivity index (χ0n) is 12.7. The van der Waals surface area contributed by atoms with Crippen molar-refractivity contribution in [3.05, 3.63) is 35.6 Å². The summed E-state index contributed by atoms with van der Waals surface area (Å²) in [6.07, 6.45) is 1.58. The summed E-state index contributed by atoms with van der Waals surface area (Å²) in [7, 11) is 1.84. The highest BCUT2D eigenvalue weighted by Gasteiger charge is 2.28. The molecule has 1 aromatic rings. The zero-order valence-corrected chi connectivity index (χ0v) is 12.7. The molecule has 0 spiro atoms. The SMILES string of the molecule is CCCC(C(=O)OCC)N(C)C(C)c1ccccc1F. The predicted molar refractivity (Wildman–Crippen MR) is 77.9 cm³/mol. The average Bonchev–Trinajstić information content (AvgIpc) is 2.44. The highest BCUT2D eigenvalue weighted by molar-refractivity contribution is 5.75. The van der Waals surface area contributed by atoms with Crippen molar-refractivity contribution >= 4 is 5.97 Å². The van der Waals surface area contributed by atoms with Crippen LogP contribution in [-0.4, -0.2) is 30.6 Å². The first-order valence-corrected chi connectivity index (χ1v) is 7.15. The van der Waals surface area contributed by atoms with Gasteiger partial charge in [0.15, 0.2) is 0 Å². The molecule has 0 fully saturated rings. The number of hydrogen-bond acceptors (Lipinski definition) is 3. The van der Waals surface area contributed by atoms with Crippen LogP contribution in [0.3, 0.4) is 0 Å². The van der Waals surface area contributed by atoms with Gasteiger partial charge in [-0.3, -0.25) is 9.69 Å². The van der Waals surface area contributed by atoms with Crippen molar-refractivity contribution in [1.82, 2.24) is 4.90 Å². The topological polar surface area (TPSA) is 29.5 Å². The van der Waals surface area contributed by atoms with Crippen LogP contribution >= 0.6 is 0 Å². The molecule has 0 N–H and O–H groups in total. The second-order valence-electron chi connectivity index (χ2n) is 4.92. The van der Waals surface area contributed by atoms with Gasteiger partial charge in [-0.15, -0.1) is 0 Å². The Hall–Kier alpha value is -1.42. The molecule has 0 bridgehead atoms. The lowest BCUT2D eigenvalue weighted by Crippen LogP contribution is -2.41. The van der Waals surface area contributed by atoms with Crippen molar-refractivity contribution in [2.45, 2.75) is 45.7 Å². The molecule has 0 aliphatic heterocycles. The molecular weight excluding hydrogens is 257 g/mol. The van der Waals surface area contributed by atoms with Gasteiger partial charge >= 0.3 is 5.97 Å². The number of esters is 1. The third kappa shape index (κ3) is 4.04. The van der Waals surface area contributed by atoms with Crippen molar-refractivity contribution in [2.24, 2.45) is 0 Å². The Kier molecular flexibility index (Phi) is 6.65. The van der Waals surface area contributed by atoms with Crippen molar-refractivity contribution in [3.8, 4) is 0 Å². The minimum Gasteiger partial charge on any atom is -0.465 e. The Bertz CT molecular complexity index is 436. The Morgan fingerprint density at radius 1 is 1.35 bits per heavy atom. The monoisotopic (exact) mass is 281 g/mol. The molecule has 2 atom stereocenters. The van der Waals surface area contributed by atoms with Crippen LogP contribution in [-0.2, 0) is 9.53 Å². The molecule has 112 valence electrons. The Labute approximate surface area is 120 Å². The van der Waals surface area contributed by atoms with Gasteiger partial charge in [-0.1, -0.05) is 31.5 Å². The smallest absolute Gasteiger partial charge is 0.323 e. The van der Waals surface area contributed by atoms with Crippen LogP contribution in [0.15, 0.2) is 24.3 Å². The van der Waals surface area contributed by atoms with Gasteiger partial charge in [-0.05, 0) is 33.4 Å². The molecule has 0 radical (unpaired) electrons. The van der Waals surface area contributed by atoms with E-state index in [1.165, 1.54) is 6.07 Å². The van der Waals surface area contributed by atoms with E-state index < -0.39 is 0 Å². The van der Waals surface area contributed by atoms with Gasteiger partial charge in [0.1, 0.15) is 11.9 Å². The number of ether oxygens (including phenoxy) is 1. The average molecular weight is 281 g/mol. The van der Waals surface area contributed by atoms with E-state index in [2.05, 4.69) is 0 Å². The van der Waals surface area contributed by atoms with Gasteiger partial charge in [0.2, 0.25) is 0 Å². The van der Waals surface area contributed by atoms with Gasteiger partial charge < -0.3 is 4.74 Å². The molecule has 0 aliphatic carbocycles. The van der Waals surface area contributed by atoms with E-state index in [4.69, 9.17) is 4.74 Å². The first-order valence-electron chi connectivity index (χ1n) is 7.15. The van der Waals surface area contributed by atoms with Crippen molar-refractivity contribution in [3.63, 3.8) is 0 Å². The Morgan fingerprint density at radius 2 is 2.00 bits per heavy atom. The number of benzene rings is 1. The number of hydrogen-bond donors (Lipinski definition) is 0. The van der Waals surface area contributed by atoms with Crippen LogP contribution in [0.2, 0.25) is 0 Å². The Balaban J connectivity index is 2.91. The van der Waals surface area contributed by atoms with E-state index >= 15 is 0 Å². The van der Waals surface area contributed by atoms with Gasteiger partial charge in [-0.25, -0.2) is 4.39 Å². The molecule has 0 saturated carbocycles. The van der Waals surface area contributed by atoms with Crippen molar-refractivity contribution < 1.29 is 13.9 Å². The summed E-state index contributed by atoms with van der Waals surface area (Å²) in [5.41, 5.74) is 0.598. The zero-order chi connectivity index (χ0) is 15.1. The normalized spacial score (nSPS) is 14.1. The number of carbonyl (C=O) groups is 1. The number of rotatable bonds is 7. The lowest BCUT2D eigenvalue weighted by atomic mass is 10.0. The first-order chi connectivity index (χ1) is 9.52. The van der Waals surface area contributed by atoms with Crippen molar-refractivity contribution in [1.29, 1.82) is 0 Å². The van der Waals surface area contributed by atoms with Crippen LogP contribution in [0, 0.1) is 5.82 Å². The largest absolute Gasteiger partial charge is 0.465 e. The quantitative estimate of drug-likeness (QED) is 0.716. The molecular formula is C16H24FNO2. The summed E-state index contributed by atoms with van der Waals surface area (Å²) in [5.74, 6) is -0.481. The number of nitrogens with zero attached hydrogens (tertiary/aromatic N) is 1. The van der Waals surface area contributed by atoms with E-state index in [1.807, 2.05) is 31.9 Å². The lowest BCUT2D eigenvalue weighted by molar-refractivity contribution is -0.150. The second-order valence-corrected chi connectivity index (χ2v) is 4.92. The molecule has 0 saturated heterocycles. The number of likely N-dealkylation sites (N-methyl/N-ethyl adjacent to an activating group) is 1. The molecule has 4 heteroatoms. The highest BCUT2D eigenvalue weighted by atomic mass is 19.1. The predicted octanol–water partition coefficient (Wildman–Crippen LogP) is 3.55. The molecule has 20 heavy (non-hydrogen) atoms. The van der Waals surface area contributed by atoms with Crippen LogP contribution in [0.4, 0.5) is 4.39 Å². The molecule has 0 aliphatic rings. The molecule has 1 aromatic carbocycles. The first kappa shape index (κ1) is 16.6. The fraction of sp³-hybridized carbons (Fsp3) is 0.562. The van der Waals surface area contributed by atoms with E-state index in [9.17, 15) is 9.18 Å². The summed E-state index contributed by atoms with van der Waals surface area (Å²) in [5, 5.41) is 0. The molecule has 0 aromatic heterocycles. The van der Waals surface area contributed by atoms with E-state index in [0.717, 1.165) is 6.42 Å². The standard InChI is InChI=1S/C16H24FNO2/c1-5-9-15(16(19)20-6-2)18(4)12(3)13-10-7-8-11-14(13)17/h7-8,10-12,15H,5-6,9H2,1-4H3. The summed E-state index contributed by atoms with van der Waals surface area (Å²) < 4.78 is 19.0. The van der Waals surface area contributed by atoms with E-state index in [1.54, 1.807) is 19.1 Å². The second kappa shape index (κ2) is 8.00. The van der Waals surface area contributed by atoms with Crippen LogP contribution in [0.25, 0.3) is 0 Å². The van der Waals surface area contributed by atoms with Crippen LogP contribution in [0.5, 0.6) is 0 Å². The van der Waals surface area contributed by atoms with E-state index in [-0.39, 0.29) is 23.9 Å². The fourth-order valence-electron chi connectivity index (χ4n) is 2.30. The fourth-order valence-corrected chi connectivity index (χ4v) is 2.30. The summed E-state index contributed by atoms with van der Waals surface area (Å²) in [6.45, 7) is 6.08. The summed E-state index contributed by atoms with van der Waals surface area (Å²) >= 11 is 0. The number of carbonyl (C=O) groups excluding carboxylic acids is 1. The van der Waals surface area contributed by atoms with Crippen LogP contribution < -0.4 is 0 Å². The maximum Gasteiger partial charge on any atom is 0.323 e. The maximum absolute atomic E-state index is 13.9. The van der Waals surface area contributed by atoms with Gasteiger partial charge in [0.25, 0.3) is 0 Å². The minimum absolute atomic E-state index is 0.183. The highest BCUT2D eigenvalue weighted by Crippen LogP contribution is 2.25.